The fraction of sp³-hybridized carbons (Fsp3) is 0. The molecule has 118 valence electrons. The Balaban J connectivity index is 1.45. The van der Waals surface area contributed by atoms with Crippen LogP contribution in [0.15, 0.2) is 60.9 Å². The minimum Gasteiger partial charge on any atom is -0.457 e. The Hall–Kier alpha value is -3.26. The maximum Gasteiger partial charge on any atom is 0.286 e. The van der Waals surface area contributed by atoms with E-state index in [2.05, 4.69) is 20.6 Å². The van der Waals surface area contributed by atoms with E-state index in [0.717, 1.165) is 5.75 Å². The van der Waals surface area contributed by atoms with E-state index in [-0.39, 0.29) is 5.91 Å². The van der Waals surface area contributed by atoms with Crippen molar-refractivity contribution in [2.24, 2.45) is 0 Å². The lowest BCUT2D eigenvalue weighted by molar-refractivity contribution is 0.102. The van der Waals surface area contributed by atoms with Gasteiger partial charge in [-0.1, -0.05) is 29.5 Å². The number of rotatable bonds is 4. The molecule has 0 aliphatic heterocycles. The molecular weight excluding hydrogens is 326 g/mol. The molecule has 0 unspecified atom stereocenters. The van der Waals surface area contributed by atoms with Crippen LogP contribution in [0.5, 0.6) is 11.5 Å². The number of benzene rings is 2. The zero-order chi connectivity index (χ0) is 16.4. The van der Waals surface area contributed by atoms with E-state index >= 15 is 0 Å². The van der Waals surface area contributed by atoms with E-state index in [9.17, 15) is 4.79 Å². The Morgan fingerprint density at radius 2 is 1.79 bits per heavy atom. The molecule has 0 aliphatic carbocycles. The number of para-hydroxylation sites is 1. The van der Waals surface area contributed by atoms with Crippen molar-refractivity contribution < 1.29 is 9.53 Å². The zero-order valence-electron chi connectivity index (χ0n) is 12.3. The zero-order valence-corrected chi connectivity index (χ0v) is 13.1. The Labute approximate surface area is 140 Å². The SMILES string of the molecule is O=C(Nc1ccc(Oc2ccccc2)cc1)c1nn2cnnc2s1. The lowest BCUT2D eigenvalue weighted by Crippen LogP contribution is -2.11. The highest BCUT2D eigenvalue weighted by Gasteiger charge is 2.13. The van der Waals surface area contributed by atoms with Gasteiger partial charge < -0.3 is 10.1 Å². The first-order chi connectivity index (χ1) is 11.8. The molecule has 1 amide bonds. The minimum absolute atomic E-state index is 0.290. The van der Waals surface area contributed by atoms with Crippen LogP contribution in [0.4, 0.5) is 5.69 Å². The number of anilines is 1. The standard InChI is InChI=1S/C16H11N5O2S/c22-14(15-20-21-10-17-19-16(21)24-15)18-11-6-8-13(9-7-11)23-12-4-2-1-3-5-12/h1-10H,(H,18,22). The molecule has 0 spiro atoms. The predicted octanol–water partition coefficient (Wildman–Crippen LogP) is 3.23. The molecule has 8 heteroatoms. The molecule has 24 heavy (non-hydrogen) atoms. The van der Waals surface area contributed by atoms with Gasteiger partial charge >= 0.3 is 0 Å². The lowest BCUT2D eigenvalue weighted by Gasteiger charge is -2.07. The number of nitrogens with one attached hydrogen (secondary N) is 1. The number of carbonyl (C=O) groups excluding carboxylic acids is 1. The first-order valence-corrected chi connectivity index (χ1v) is 7.91. The molecule has 2 aromatic carbocycles. The molecule has 0 bridgehead atoms. The van der Waals surface area contributed by atoms with Gasteiger partial charge in [-0.25, -0.2) is 0 Å². The molecule has 0 saturated carbocycles. The van der Waals surface area contributed by atoms with Crippen molar-refractivity contribution in [1.82, 2.24) is 19.8 Å². The van der Waals surface area contributed by atoms with E-state index in [0.29, 0.717) is 21.4 Å². The number of carbonyl (C=O) groups is 1. The Morgan fingerprint density at radius 1 is 1.04 bits per heavy atom. The van der Waals surface area contributed by atoms with Crippen molar-refractivity contribution in [1.29, 1.82) is 0 Å². The van der Waals surface area contributed by atoms with Crippen molar-refractivity contribution in [2.45, 2.75) is 0 Å². The third-order valence-corrected chi connectivity index (χ3v) is 4.08. The first-order valence-electron chi connectivity index (χ1n) is 7.09. The smallest absolute Gasteiger partial charge is 0.286 e. The summed E-state index contributed by atoms with van der Waals surface area (Å²) in [5.74, 6) is 1.16. The number of ether oxygens (including phenoxy) is 1. The van der Waals surface area contributed by atoms with Gasteiger partial charge in [-0.15, -0.1) is 15.3 Å². The second kappa shape index (κ2) is 6.09. The van der Waals surface area contributed by atoms with E-state index in [1.807, 2.05) is 30.3 Å². The summed E-state index contributed by atoms with van der Waals surface area (Å²) in [7, 11) is 0. The van der Waals surface area contributed by atoms with Crippen LogP contribution in [0.2, 0.25) is 0 Å². The fourth-order valence-corrected chi connectivity index (χ4v) is 2.78. The molecule has 2 aromatic heterocycles. The average Bonchev–Trinajstić information content (AvgIpc) is 3.19. The summed E-state index contributed by atoms with van der Waals surface area (Å²) < 4.78 is 7.18. The van der Waals surface area contributed by atoms with Crippen LogP contribution in [0.1, 0.15) is 9.80 Å². The van der Waals surface area contributed by atoms with E-state index in [4.69, 9.17) is 4.74 Å². The number of hydrogen-bond donors (Lipinski definition) is 1. The minimum atomic E-state index is -0.290. The molecule has 1 N–H and O–H groups in total. The van der Waals surface area contributed by atoms with Gasteiger partial charge in [-0.3, -0.25) is 4.79 Å². The molecule has 0 atom stereocenters. The van der Waals surface area contributed by atoms with Crippen LogP contribution in [0, 0.1) is 0 Å². The Morgan fingerprint density at radius 3 is 2.54 bits per heavy atom. The highest BCUT2D eigenvalue weighted by molar-refractivity contribution is 7.18. The van der Waals surface area contributed by atoms with Crippen LogP contribution < -0.4 is 10.1 Å². The van der Waals surface area contributed by atoms with Gasteiger partial charge in [0.15, 0.2) is 0 Å². The van der Waals surface area contributed by atoms with Crippen LogP contribution in [-0.2, 0) is 0 Å². The highest BCUT2D eigenvalue weighted by atomic mass is 32.1. The molecular formula is C16H11N5O2S. The molecule has 2 heterocycles. The summed E-state index contributed by atoms with van der Waals surface area (Å²) in [5.41, 5.74) is 0.659. The quantitative estimate of drug-likeness (QED) is 0.618. The number of fused-ring (bicyclic) bond motifs is 1. The second-order valence-corrected chi connectivity index (χ2v) is 5.81. The number of hydrogen-bond acceptors (Lipinski definition) is 6. The fourth-order valence-electron chi connectivity index (χ4n) is 2.07. The monoisotopic (exact) mass is 337 g/mol. The van der Waals surface area contributed by atoms with Gasteiger partial charge in [-0.05, 0) is 36.4 Å². The summed E-state index contributed by atoms with van der Waals surface area (Å²) >= 11 is 1.18. The van der Waals surface area contributed by atoms with Crippen molar-refractivity contribution >= 4 is 27.9 Å². The maximum absolute atomic E-state index is 12.2. The lowest BCUT2D eigenvalue weighted by atomic mass is 10.3. The summed E-state index contributed by atoms with van der Waals surface area (Å²) in [6.45, 7) is 0. The third-order valence-electron chi connectivity index (χ3n) is 3.17. The maximum atomic E-state index is 12.2. The van der Waals surface area contributed by atoms with Crippen molar-refractivity contribution in [3.8, 4) is 11.5 Å². The van der Waals surface area contributed by atoms with Gasteiger partial charge in [0.1, 0.15) is 17.8 Å². The summed E-state index contributed by atoms with van der Waals surface area (Å²) in [6.07, 6.45) is 1.46. The van der Waals surface area contributed by atoms with Gasteiger partial charge in [0, 0.05) is 5.69 Å². The Bertz CT molecular complexity index is 950. The van der Waals surface area contributed by atoms with Crippen molar-refractivity contribution in [2.75, 3.05) is 5.32 Å². The highest BCUT2D eigenvalue weighted by Crippen LogP contribution is 2.23. The first kappa shape index (κ1) is 14.3. The van der Waals surface area contributed by atoms with E-state index < -0.39 is 0 Å². The molecule has 0 radical (unpaired) electrons. The van der Waals surface area contributed by atoms with E-state index in [1.165, 1.54) is 22.2 Å². The van der Waals surface area contributed by atoms with E-state index in [1.54, 1.807) is 24.3 Å². The third kappa shape index (κ3) is 2.95. The predicted molar refractivity (Wildman–Crippen MR) is 89.6 cm³/mol. The van der Waals surface area contributed by atoms with Crippen LogP contribution >= 0.6 is 11.3 Å². The molecule has 4 aromatic rings. The van der Waals surface area contributed by atoms with Crippen LogP contribution in [0.25, 0.3) is 4.96 Å². The second-order valence-electron chi connectivity index (χ2n) is 4.86. The average molecular weight is 337 g/mol. The largest absolute Gasteiger partial charge is 0.457 e. The van der Waals surface area contributed by atoms with Gasteiger partial charge in [-0.2, -0.15) is 4.52 Å². The van der Waals surface area contributed by atoms with Crippen molar-refractivity contribution in [3.63, 3.8) is 0 Å². The van der Waals surface area contributed by atoms with Gasteiger partial charge in [0.2, 0.25) is 9.97 Å². The van der Waals surface area contributed by atoms with Crippen molar-refractivity contribution in [3.05, 3.63) is 65.9 Å². The Kier molecular flexibility index (Phi) is 3.64. The summed E-state index contributed by atoms with van der Waals surface area (Å²) in [5, 5.41) is 14.8. The molecule has 0 saturated heterocycles. The van der Waals surface area contributed by atoms with Crippen LogP contribution in [-0.4, -0.2) is 25.7 Å². The molecule has 0 aliphatic rings. The summed E-state index contributed by atoms with van der Waals surface area (Å²) in [4.78, 5) is 12.8. The summed E-state index contributed by atoms with van der Waals surface area (Å²) in [6, 6.07) is 16.6. The molecule has 7 nitrogen and oxygen atoms in total. The number of aromatic nitrogens is 4. The van der Waals surface area contributed by atoms with Gasteiger partial charge in [0.05, 0.1) is 0 Å². The van der Waals surface area contributed by atoms with Crippen LogP contribution in [0.3, 0.4) is 0 Å². The van der Waals surface area contributed by atoms with Gasteiger partial charge in [0.25, 0.3) is 5.91 Å². The number of nitrogens with zero attached hydrogens (tertiary/aromatic N) is 4. The molecule has 4 rings (SSSR count). The number of amides is 1. The normalized spacial score (nSPS) is 10.7. The molecule has 0 fully saturated rings. The topological polar surface area (TPSA) is 81.4 Å².